The van der Waals surface area contributed by atoms with Gasteiger partial charge in [-0.1, -0.05) is 23.8 Å². The van der Waals surface area contributed by atoms with Gasteiger partial charge in [-0.05, 0) is 19.4 Å². The van der Waals surface area contributed by atoms with E-state index >= 15 is 0 Å². The molecule has 1 aliphatic rings. The predicted octanol–water partition coefficient (Wildman–Crippen LogP) is -1.14. The number of carbonyl (C=O) groups is 1. The van der Waals surface area contributed by atoms with Crippen molar-refractivity contribution in [2.24, 2.45) is 0 Å². The minimum atomic E-state index is 0. The van der Waals surface area contributed by atoms with Crippen molar-refractivity contribution in [2.75, 3.05) is 6.54 Å². The zero-order chi connectivity index (χ0) is 11.5. The zero-order valence-electron chi connectivity index (χ0n) is 9.83. The number of rotatable bonds is 3. The molecule has 0 amide bonds. The third-order valence-electron chi connectivity index (χ3n) is 2.54. The van der Waals surface area contributed by atoms with Gasteiger partial charge in [0.25, 0.3) is 0 Å². The van der Waals surface area contributed by atoms with E-state index in [0.29, 0.717) is 6.54 Å². The summed E-state index contributed by atoms with van der Waals surface area (Å²) in [5, 5.41) is 2.80. The lowest BCUT2D eigenvalue weighted by Crippen LogP contribution is -3.00. The summed E-state index contributed by atoms with van der Waals surface area (Å²) < 4.78 is 0. The molecule has 0 fully saturated rings. The van der Waals surface area contributed by atoms with Crippen molar-refractivity contribution < 1.29 is 21.8 Å². The van der Waals surface area contributed by atoms with Crippen LogP contribution in [0.1, 0.15) is 21.5 Å². The molecule has 1 aromatic carbocycles. The van der Waals surface area contributed by atoms with Gasteiger partial charge in [0.2, 0.25) is 0 Å². The normalized spacial score (nSPS) is 12.7. The summed E-state index contributed by atoms with van der Waals surface area (Å²) in [5.41, 5.74) is 2.99. The van der Waals surface area contributed by atoms with Crippen LogP contribution in [0.3, 0.4) is 0 Å². The number of benzene rings is 1. The van der Waals surface area contributed by atoms with Crippen LogP contribution in [0.4, 0.5) is 0 Å². The number of ketones is 1. The topological polar surface area (TPSA) is 32.3 Å². The van der Waals surface area contributed by atoms with E-state index in [0.717, 1.165) is 11.1 Å². The van der Waals surface area contributed by atoms with E-state index in [-0.39, 0.29) is 22.8 Å². The van der Waals surface area contributed by atoms with Gasteiger partial charge < -0.3 is 17.0 Å². The van der Waals surface area contributed by atoms with Gasteiger partial charge in [0, 0.05) is 5.56 Å². The SMILES string of the molecule is Cc1ccc(C(=O)CN2[C+]NC=C2)c(C)c1.[Br-]. The third-order valence-corrected chi connectivity index (χ3v) is 2.54. The highest BCUT2D eigenvalue weighted by molar-refractivity contribution is 5.99. The number of halogens is 1. The van der Waals surface area contributed by atoms with Crippen LogP contribution in [-0.2, 0) is 0 Å². The largest absolute Gasteiger partial charge is 1.00 e. The zero-order valence-corrected chi connectivity index (χ0v) is 11.4. The maximum atomic E-state index is 12.0. The fourth-order valence-electron chi connectivity index (χ4n) is 1.74. The molecule has 0 unspecified atom stereocenters. The second-order valence-corrected chi connectivity index (χ2v) is 3.94. The van der Waals surface area contributed by atoms with Crippen molar-refractivity contribution in [2.45, 2.75) is 13.8 Å². The molecule has 0 spiro atoms. The van der Waals surface area contributed by atoms with Gasteiger partial charge in [-0.25, -0.2) is 0 Å². The fourth-order valence-corrected chi connectivity index (χ4v) is 1.74. The van der Waals surface area contributed by atoms with E-state index < -0.39 is 0 Å². The van der Waals surface area contributed by atoms with Crippen molar-refractivity contribution in [3.8, 4) is 0 Å². The first kappa shape index (κ1) is 13.6. The van der Waals surface area contributed by atoms with Crippen LogP contribution in [0.2, 0.25) is 0 Å². The Morgan fingerprint density at radius 3 is 2.76 bits per heavy atom. The second kappa shape index (κ2) is 5.77. The number of nitrogens with one attached hydrogen (secondary N) is 1. The maximum Gasteiger partial charge on any atom is 0.562 e. The monoisotopic (exact) mass is 293 g/mol. The van der Waals surface area contributed by atoms with Crippen molar-refractivity contribution in [3.05, 3.63) is 54.0 Å². The number of nitrogens with zero attached hydrogens (tertiary/aromatic N) is 1. The average molecular weight is 294 g/mol. The minimum absolute atomic E-state index is 0. The molecule has 0 atom stereocenters. The van der Waals surface area contributed by atoms with Crippen LogP contribution in [0.5, 0.6) is 0 Å². The smallest absolute Gasteiger partial charge is 0.562 e. The van der Waals surface area contributed by atoms with Crippen molar-refractivity contribution >= 4 is 5.78 Å². The molecule has 2 rings (SSSR count). The molecule has 1 aromatic rings. The van der Waals surface area contributed by atoms with Gasteiger partial charge in [0.15, 0.2) is 5.78 Å². The first-order valence-electron chi connectivity index (χ1n) is 5.22. The van der Waals surface area contributed by atoms with Gasteiger partial charge in [-0.3, -0.25) is 4.79 Å². The second-order valence-electron chi connectivity index (χ2n) is 3.94. The van der Waals surface area contributed by atoms with Crippen LogP contribution >= 0.6 is 0 Å². The summed E-state index contributed by atoms with van der Waals surface area (Å²) >= 11 is 0. The highest BCUT2D eigenvalue weighted by atomic mass is 79.9. The molecule has 0 saturated carbocycles. The minimum Gasteiger partial charge on any atom is -1.00 e. The Balaban J connectivity index is 0.00000144. The van der Waals surface area contributed by atoms with E-state index in [2.05, 4.69) is 12.0 Å². The van der Waals surface area contributed by atoms with Crippen LogP contribution in [-0.4, -0.2) is 17.2 Å². The standard InChI is InChI=1S/C13H14N2O.BrH/c1-10-3-4-12(11(2)7-10)13(16)8-15-6-5-14-9-15;/h3-7,14H,8H2,1-2H3;1H/q+1;/p-1. The summed E-state index contributed by atoms with van der Waals surface area (Å²) in [7, 11) is 0. The average Bonchev–Trinajstić information content (AvgIpc) is 2.70. The molecule has 0 aliphatic carbocycles. The van der Waals surface area contributed by atoms with E-state index in [1.54, 1.807) is 17.3 Å². The van der Waals surface area contributed by atoms with E-state index in [1.807, 2.05) is 32.0 Å². The summed E-state index contributed by atoms with van der Waals surface area (Å²) in [6.07, 6.45) is 3.54. The molecular formula is C13H14BrN2O. The molecule has 89 valence electrons. The lowest BCUT2D eigenvalue weighted by atomic mass is 10.0. The van der Waals surface area contributed by atoms with Crippen LogP contribution in [0.25, 0.3) is 0 Å². The number of carbonyl (C=O) groups excluding carboxylic acids is 1. The molecule has 0 aromatic heterocycles. The van der Waals surface area contributed by atoms with E-state index in [4.69, 9.17) is 0 Å². The number of aryl methyl sites for hydroxylation is 2. The molecule has 4 heteroatoms. The molecule has 1 heterocycles. The van der Waals surface area contributed by atoms with Crippen LogP contribution < -0.4 is 22.3 Å². The van der Waals surface area contributed by atoms with E-state index in [9.17, 15) is 4.79 Å². The maximum absolute atomic E-state index is 12.0. The Kier molecular flexibility index (Phi) is 4.63. The molecule has 17 heavy (non-hydrogen) atoms. The summed E-state index contributed by atoms with van der Waals surface area (Å²) in [4.78, 5) is 13.7. The molecular weight excluding hydrogens is 280 g/mol. The van der Waals surface area contributed by atoms with Crippen LogP contribution in [0, 0.1) is 20.5 Å². The van der Waals surface area contributed by atoms with Crippen molar-refractivity contribution in [3.63, 3.8) is 0 Å². The summed E-state index contributed by atoms with van der Waals surface area (Å²) in [6.45, 7) is 7.15. The quantitative estimate of drug-likeness (QED) is 0.565. The Morgan fingerprint density at radius 1 is 1.41 bits per heavy atom. The predicted molar refractivity (Wildman–Crippen MR) is 62.5 cm³/mol. The first-order valence-corrected chi connectivity index (χ1v) is 5.22. The molecule has 0 saturated heterocycles. The third kappa shape index (κ3) is 3.27. The van der Waals surface area contributed by atoms with Crippen LogP contribution in [0.15, 0.2) is 30.6 Å². The highest BCUT2D eigenvalue weighted by Gasteiger charge is 2.25. The van der Waals surface area contributed by atoms with Gasteiger partial charge >= 0.3 is 6.67 Å². The lowest BCUT2D eigenvalue weighted by molar-refractivity contribution is -0.0000114. The molecule has 1 N–H and O–H groups in total. The summed E-state index contributed by atoms with van der Waals surface area (Å²) in [6, 6.07) is 5.88. The Bertz CT molecular complexity index is 443. The van der Waals surface area contributed by atoms with Gasteiger partial charge in [-0.15, -0.1) is 4.90 Å². The fraction of sp³-hybridized carbons (Fsp3) is 0.231. The number of hydrogen-bond donors (Lipinski definition) is 1. The number of Topliss-reactive ketones (excluding diaryl/α,β-unsaturated/α-hetero) is 1. The van der Waals surface area contributed by atoms with Crippen molar-refractivity contribution in [1.82, 2.24) is 10.2 Å². The molecule has 0 bridgehead atoms. The Hall–Kier alpha value is -1.42. The number of hydrogen-bond acceptors (Lipinski definition) is 3. The van der Waals surface area contributed by atoms with Gasteiger partial charge in [0.1, 0.15) is 6.54 Å². The first-order chi connectivity index (χ1) is 7.66. The Morgan fingerprint density at radius 2 is 2.18 bits per heavy atom. The molecule has 1 aliphatic heterocycles. The van der Waals surface area contributed by atoms with Gasteiger partial charge in [-0.2, -0.15) is 5.32 Å². The molecule has 1 radical (unpaired) electrons. The highest BCUT2D eigenvalue weighted by Crippen LogP contribution is 2.12. The lowest BCUT2D eigenvalue weighted by Gasteiger charge is -2.06. The van der Waals surface area contributed by atoms with Gasteiger partial charge in [0.05, 0.1) is 12.4 Å². The van der Waals surface area contributed by atoms with Crippen molar-refractivity contribution in [1.29, 1.82) is 0 Å². The summed E-state index contributed by atoms with van der Waals surface area (Å²) in [5.74, 6) is 0.110. The van der Waals surface area contributed by atoms with E-state index in [1.165, 1.54) is 5.56 Å². The Labute approximate surface area is 112 Å². The molecule has 3 nitrogen and oxygen atoms in total.